The fraction of sp³-hybridized carbons (Fsp3) is 0.333. The number of nitrogens with zero attached hydrogens (tertiary/aromatic N) is 1. The number of H-pyrrole nitrogens is 2. The Bertz CT molecular complexity index is 589. The number of hydrogen-bond donors (Lipinski definition) is 5. The van der Waals surface area contributed by atoms with Crippen LogP contribution in [0.2, 0.25) is 0 Å². The zero-order valence-corrected chi connectivity index (χ0v) is 10.6. The summed E-state index contributed by atoms with van der Waals surface area (Å²) in [5, 5.41) is 16.4. The van der Waals surface area contributed by atoms with Gasteiger partial charge in [-0.05, 0) is 26.1 Å². The third-order valence-corrected chi connectivity index (χ3v) is 2.18. The van der Waals surface area contributed by atoms with Gasteiger partial charge in [-0.15, -0.1) is 0 Å². The molecule has 0 spiro atoms. The van der Waals surface area contributed by atoms with Crippen LogP contribution in [0.15, 0.2) is 14.7 Å². The lowest BCUT2D eigenvalue weighted by Gasteiger charge is -2.05. The topological polar surface area (TPSA) is 122 Å². The monoisotopic (exact) mass is 271 g/mol. The Kier molecular flexibility index (Phi) is 4.60. The molecule has 8 nitrogen and oxygen atoms in total. The van der Waals surface area contributed by atoms with Crippen molar-refractivity contribution in [2.45, 2.75) is 13.8 Å². The van der Waals surface area contributed by atoms with Crippen molar-refractivity contribution in [3.05, 3.63) is 26.4 Å². The molecule has 9 heteroatoms. The highest BCUT2D eigenvalue weighted by molar-refractivity contribution is 7.80. The summed E-state index contributed by atoms with van der Waals surface area (Å²) in [6.07, 6.45) is 0. The Labute approximate surface area is 107 Å². The molecule has 0 radical (unpaired) electrons. The molecule has 0 atom stereocenters. The number of hydrogen-bond acceptors (Lipinski definition) is 5. The van der Waals surface area contributed by atoms with Crippen molar-refractivity contribution in [3.63, 3.8) is 0 Å². The predicted octanol–water partition coefficient (Wildman–Crippen LogP) is -1.02. The standard InChI is InChI=1S/C9H13N5O3S/c1-3-10-9(18)14-13-4(2)5-6(15)11-8(17)12-7(5)16/h3H2,1-2H3,(H2,10,14,18)(H3,11,12,15,16,17)/b13-4+. The van der Waals surface area contributed by atoms with Crippen molar-refractivity contribution in [1.82, 2.24) is 20.7 Å². The average Bonchev–Trinajstić information content (AvgIpc) is 2.25. The molecular formula is C9H13N5O3S. The fourth-order valence-electron chi connectivity index (χ4n) is 1.20. The molecule has 18 heavy (non-hydrogen) atoms. The van der Waals surface area contributed by atoms with Gasteiger partial charge in [-0.25, -0.2) is 4.79 Å². The van der Waals surface area contributed by atoms with Crippen molar-refractivity contribution >= 4 is 23.0 Å². The Morgan fingerprint density at radius 1 is 1.44 bits per heavy atom. The Hall–Kier alpha value is -2.16. The van der Waals surface area contributed by atoms with E-state index in [1.54, 1.807) is 0 Å². The number of aromatic nitrogens is 2. The molecule has 1 aromatic heterocycles. The van der Waals surface area contributed by atoms with Crippen molar-refractivity contribution < 1.29 is 5.11 Å². The van der Waals surface area contributed by atoms with Gasteiger partial charge in [0.05, 0.1) is 5.71 Å². The third kappa shape index (κ3) is 3.42. The maximum absolute atomic E-state index is 11.5. The normalized spacial score (nSPS) is 11.1. The number of thiocarbonyl (C=S) groups is 1. The van der Waals surface area contributed by atoms with E-state index in [4.69, 9.17) is 12.2 Å². The van der Waals surface area contributed by atoms with Crippen LogP contribution in [-0.4, -0.2) is 32.4 Å². The molecule has 1 rings (SSSR count). The van der Waals surface area contributed by atoms with E-state index in [9.17, 15) is 14.7 Å². The zero-order chi connectivity index (χ0) is 13.7. The summed E-state index contributed by atoms with van der Waals surface area (Å²) in [5.74, 6) is -0.541. The van der Waals surface area contributed by atoms with Crippen LogP contribution in [0.1, 0.15) is 19.4 Å². The van der Waals surface area contributed by atoms with Gasteiger partial charge in [-0.3, -0.25) is 20.2 Å². The highest BCUT2D eigenvalue weighted by atomic mass is 32.1. The summed E-state index contributed by atoms with van der Waals surface area (Å²) in [4.78, 5) is 26.4. The van der Waals surface area contributed by atoms with Gasteiger partial charge < -0.3 is 10.4 Å². The van der Waals surface area contributed by atoms with Crippen LogP contribution in [0.3, 0.4) is 0 Å². The second-order valence-corrected chi connectivity index (χ2v) is 3.71. The first-order chi connectivity index (χ1) is 8.45. The van der Waals surface area contributed by atoms with Gasteiger partial charge in [0, 0.05) is 6.54 Å². The van der Waals surface area contributed by atoms with Crippen molar-refractivity contribution in [1.29, 1.82) is 0 Å². The van der Waals surface area contributed by atoms with E-state index >= 15 is 0 Å². The number of aromatic amines is 2. The molecule has 0 saturated carbocycles. The van der Waals surface area contributed by atoms with Crippen molar-refractivity contribution in [2.75, 3.05) is 6.54 Å². The number of hydrazone groups is 1. The van der Waals surface area contributed by atoms with Crippen LogP contribution in [0.5, 0.6) is 5.88 Å². The van der Waals surface area contributed by atoms with Gasteiger partial charge in [-0.2, -0.15) is 5.10 Å². The molecule has 0 saturated heterocycles. The minimum absolute atomic E-state index is 0.124. The molecule has 0 fully saturated rings. The molecule has 1 aromatic rings. The van der Waals surface area contributed by atoms with Crippen molar-refractivity contribution in [2.24, 2.45) is 5.10 Å². The molecule has 1 heterocycles. The Morgan fingerprint density at radius 3 is 2.67 bits per heavy atom. The maximum Gasteiger partial charge on any atom is 0.328 e. The maximum atomic E-state index is 11.5. The van der Waals surface area contributed by atoms with Gasteiger partial charge in [0.1, 0.15) is 5.56 Å². The van der Waals surface area contributed by atoms with Crippen LogP contribution in [0.25, 0.3) is 0 Å². The molecule has 0 aliphatic carbocycles. The summed E-state index contributed by atoms with van der Waals surface area (Å²) in [6, 6.07) is 0. The van der Waals surface area contributed by atoms with Crippen molar-refractivity contribution in [3.8, 4) is 5.88 Å². The van der Waals surface area contributed by atoms with E-state index in [1.165, 1.54) is 6.92 Å². The van der Waals surface area contributed by atoms with Gasteiger partial charge in [0.25, 0.3) is 5.56 Å². The first kappa shape index (κ1) is 13.9. The summed E-state index contributed by atoms with van der Waals surface area (Å²) in [7, 11) is 0. The summed E-state index contributed by atoms with van der Waals surface area (Å²) < 4.78 is 0. The zero-order valence-electron chi connectivity index (χ0n) is 9.83. The fourth-order valence-corrected chi connectivity index (χ4v) is 1.39. The number of nitrogens with one attached hydrogen (secondary N) is 4. The quantitative estimate of drug-likeness (QED) is 0.272. The molecule has 5 N–H and O–H groups in total. The third-order valence-electron chi connectivity index (χ3n) is 1.95. The van der Waals surface area contributed by atoms with Gasteiger partial charge in [-0.1, -0.05) is 0 Å². The lowest BCUT2D eigenvalue weighted by atomic mass is 10.2. The van der Waals surface area contributed by atoms with E-state index < -0.39 is 17.1 Å². The van der Waals surface area contributed by atoms with E-state index in [1.807, 2.05) is 11.9 Å². The van der Waals surface area contributed by atoms with Gasteiger partial charge >= 0.3 is 5.69 Å². The highest BCUT2D eigenvalue weighted by Crippen LogP contribution is 2.05. The Morgan fingerprint density at radius 2 is 2.11 bits per heavy atom. The van der Waals surface area contributed by atoms with E-state index in [0.29, 0.717) is 6.54 Å². The largest absolute Gasteiger partial charge is 0.494 e. The second-order valence-electron chi connectivity index (χ2n) is 3.30. The van der Waals surface area contributed by atoms with E-state index in [0.717, 1.165) is 0 Å². The highest BCUT2D eigenvalue weighted by Gasteiger charge is 2.11. The Balaban J connectivity index is 3.01. The molecule has 0 unspecified atom stereocenters. The molecular weight excluding hydrogens is 258 g/mol. The summed E-state index contributed by atoms with van der Waals surface area (Å²) in [6.45, 7) is 3.98. The van der Waals surface area contributed by atoms with Crippen LogP contribution < -0.4 is 22.0 Å². The number of rotatable bonds is 3. The minimum atomic E-state index is -0.787. The van der Waals surface area contributed by atoms with E-state index in [2.05, 4.69) is 20.8 Å². The van der Waals surface area contributed by atoms with Gasteiger partial charge in [0.15, 0.2) is 5.11 Å². The van der Waals surface area contributed by atoms with E-state index in [-0.39, 0.29) is 16.4 Å². The first-order valence-corrected chi connectivity index (χ1v) is 5.50. The van der Waals surface area contributed by atoms with Crippen LogP contribution in [-0.2, 0) is 0 Å². The lowest BCUT2D eigenvalue weighted by molar-refractivity contribution is 0.447. The first-order valence-electron chi connectivity index (χ1n) is 5.09. The van der Waals surface area contributed by atoms with Gasteiger partial charge in [0.2, 0.25) is 5.88 Å². The molecule has 0 aromatic carbocycles. The van der Waals surface area contributed by atoms with Crippen LogP contribution >= 0.6 is 12.2 Å². The SMILES string of the molecule is CCNC(=S)N/N=C(\C)c1c(O)[nH]c(=O)[nH]c1=O. The summed E-state index contributed by atoms with van der Waals surface area (Å²) in [5.41, 5.74) is 1.05. The molecule has 0 amide bonds. The average molecular weight is 271 g/mol. The second kappa shape index (κ2) is 5.96. The minimum Gasteiger partial charge on any atom is -0.494 e. The number of aromatic hydroxyl groups is 1. The van der Waals surface area contributed by atoms with Crippen LogP contribution in [0, 0.1) is 0 Å². The lowest BCUT2D eigenvalue weighted by Crippen LogP contribution is -2.33. The summed E-state index contributed by atoms with van der Waals surface area (Å²) >= 11 is 4.87. The molecule has 0 aliphatic heterocycles. The predicted molar refractivity (Wildman–Crippen MR) is 71.0 cm³/mol. The molecule has 0 aliphatic rings. The molecule has 0 bridgehead atoms. The smallest absolute Gasteiger partial charge is 0.328 e. The molecule has 98 valence electrons. The van der Waals surface area contributed by atoms with Crippen LogP contribution in [0.4, 0.5) is 0 Å².